The summed E-state index contributed by atoms with van der Waals surface area (Å²) >= 11 is 0. The summed E-state index contributed by atoms with van der Waals surface area (Å²) in [5.41, 5.74) is 32.9. The van der Waals surface area contributed by atoms with Gasteiger partial charge in [0.15, 0.2) is 0 Å². The van der Waals surface area contributed by atoms with E-state index < -0.39 is 0 Å². The lowest BCUT2D eigenvalue weighted by Crippen LogP contribution is -2.16. The maximum absolute atomic E-state index is 5.02. The van der Waals surface area contributed by atoms with Gasteiger partial charge in [-0.3, -0.25) is 9.97 Å². The molecule has 4 heteroatoms. The quantitative estimate of drug-likeness (QED) is 0.152. The zero-order valence-corrected chi connectivity index (χ0v) is 46.4. The summed E-state index contributed by atoms with van der Waals surface area (Å²) in [6.07, 6.45) is 3.63. The number of aromatic nitrogens is 4. The van der Waals surface area contributed by atoms with Gasteiger partial charge >= 0.3 is 0 Å². The van der Waals surface area contributed by atoms with E-state index in [-0.39, 0.29) is 16.2 Å². The minimum Gasteiger partial charge on any atom is -0.255 e. The van der Waals surface area contributed by atoms with Crippen LogP contribution in [0, 0.1) is 0 Å². The van der Waals surface area contributed by atoms with Crippen molar-refractivity contribution >= 4 is 0 Å². The summed E-state index contributed by atoms with van der Waals surface area (Å²) in [7, 11) is 0. The van der Waals surface area contributed by atoms with Crippen molar-refractivity contribution in [2.24, 2.45) is 0 Å². The zero-order chi connectivity index (χ0) is 54.8. The average Bonchev–Trinajstić information content (AvgIpc) is 4.04. The highest BCUT2D eigenvalue weighted by Crippen LogP contribution is 2.55. The lowest BCUT2D eigenvalue weighted by atomic mass is 9.79. The molecule has 0 N–H and O–H groups in total. The normalized spacial score (nSPS) is 14.3. The molecule has 0 radical (unpaired) electrons. The Morgan fingerprint density at radius 2 is 0.457 bits per heavy atom. The first kappa shape index (κ1) is 48.5. The Labute approximate surface area is 474 Å². The molecule has 0 unspecified atom stereocenters. The fraction of sp³-hybridized carbons (Fsp3) is 0.117. The van der Waals surface area contributed by atoms with Crippen LogP contribution in [0.1, 0.15) is 74.9 Å². The Kier molecular flexibility index (Phi) is 10.9. The summed E-state index contributed by atoms with van der Waals surface area (Å²) in [4.78, 5) is 19.1. The molecule has 386 valence electrons. The van der Waals surface area contributed by atoms with Gasteiger partial charge in [0.25, 0.3) is 0 Å². The van der Waals surface area contributed by atoms with E-state index in [1.165, 1.54) is 111 Å². The molecule has 0 atom stereocenters. The third kappa shape index (κ3) is 7.87. The lowest BCUT2D eigenvalue weighted by molar-refractivity contribution is 0.659. The molecule has 4 nitrogen and oxygen atoms in total. The maximum Gasteiger partial charge on any atom is 0.0893 e. The van der Waals surface area contributed by atoms with Crippen molar-refractivity contribution in [3.05, 3.63) is 276 Å². The zero-order valence-electron chi connectivity index (χ0n) is 46.4. The van der Waals surface area contributed by atoms with Crippen LogP contribution in [0.5, 0.6) is 0 Å². The Balaban J connectivity index is 0.685. The van der Waals surface area contributed by atoms with E-state index in [1.54, 1.807) is 0 Å². The van der Waals surface area contributed by atoms with Crippen LogP contribution in [-0.4, -0.2) is 19.9 Å². The molecule has 0 aliphatic heterocycles. The Hall–Kier alpha value is -9.64. The van der Waals surface area contributed by atoms with Crippen molar-refractivity contribution in [2.45, 2.75) is 57.8 Å². The molecule has 0 saturated carbocycles. The van der Waals surface area contributed by atoms with Gasteiger partial charge < -0.3 is 0 Å². The second kappa shape index (κ2) is 18.2. The maximum atomic E-state index is 5.02. The molecule has 3 aliphatic rings. The van der Waals surface area contributed by atoms with Crippen LogP contribution in [0.3, 0.4) is 0 Å². The van der Waals surface area contributed by atoms with Gasteiger partial charge in [-0.25, -0.2) is 9.97 Å². The molecule has 0 amide bonds. The van der Waals surface area contributed by atoms with Crippen molar-refractivity contribution in [3.63, 3.8) is 0 Å². The van der Waals surface area contributed by atoms with Gasteiger partial charge in [-0.15, -0.1) is 0 Å². The molecule has 0 bridgehead atoms. The smallest absolute Gasteiger partial charge is 0.0893 e. The Morgan fingerprint density at radius 1 is 0.210 bits per heavy atom. The average molecular weight is 1040 g/mol. The van der Waals surface area contributed by atoms with Gasteiger partial charge in [-0.1, -0.05) is 175 Å². The molecule has 0 saturated heterocycles. The van der Waals surface area contributed by atoms with E-state index in [9.17, 15) is 0 Å². The van der Waals surface area contributed by atoms with Gasteiger partial charge in [0.1, 0.15) is 0 Å². The molecule has 15 rings (SSSR count). The first-order valence-corrected chi connectivity index (χ1v) is 28.2. The van der Waals surface area contributed by atoms with E-state index in [2.05, 4.69) is 234 Å². The highest BCUT2D eigenvalue weighted by Gasteiger charge is 2.39. The van der Waals surface area contributed by atoms with Crippen molar-refractivity contribution in [3.8, 4) is 123 Å². The summed E-state index contributed by atoms with van der Waals surface area (Å²) in [5, 5.41) is 0. The van der Waals surface area contributed by atoms with Crippen molar-refractivity contribution in [2.75, 3.05) is 0 Å². The van der Waals surface area contributed by atoms with Gasteiger partial charge in [0, 0.05) is 39.8 Å². The standard InChI is InChI=1S/C77H58N4/c1-75(2)63-41-49(47-15-11-17-55(39-47)69-21-13-23-73(80-69)71-19-7-9-37-78-71)25-31-57(63)59-33-27-51(43-65(59)75)53-29-35-61-62-36-30-54(46-68(62)77(5,6)67(61)45-53)52-28-34-60-58-32-26-50(42-64(58)76(3,4)66(60)44-52)48-16-12-18-56(40-48)70-22-14-24-74(81-70)72-20-8-10-38-79-72/h7-46H,1-6H3. The summed E-state index contributed by atoms with van der Waals surface area (Å²) in [6, 6.07) is 84.5. The highest BCUT2D eigenvalue weighted by atomic mass is 14.8. The SMILES string of the molecule is CC1(C)c2cc(-c3cccc(-c4cccc(-c5ccccn5)n4)c3)ccc2-c2ccc(-c3ccc4c(c3)C(C)(C)c3cc(-c5ccc6c(c5)C(C)(C)c5cc(-c7cccc(-c8cccc(-c9ccccn9)n8)c7)ccc5-6)ccc3-4)cc21. The molecular weight excluding hydrogens is 981 g/mol. The first-order chi connectivity index (χ1) is 39.4. The second-order valence-electron chi connectivity index (χ2n) is 23.8. The number of rotatable bonds is 8. The van der Waals surface area contributed by atoms with Crippen LogP contribution in [0.4, 0.5) is 0 Å². The van der Waals surface area contributed by atoms with Crippen LogP contribution in [-0.2, 0) is 16.2 Å². The Bertz CT molecular complexity index is 4260. The summed E-state index contributed by atoms with van der Waals surface area (Å²) in [6.45, 7) is 14.4. The first-order valence-electron chi connectivity index (χ1n) is 28.2. The molecule has 81 heavy (non-hydrogen) atoms. The fourth-order valence-electron chi connectivity index (χ4n) is 13.5. The molecule has 4 aromatic heterocycles. The van der Waals surface area contributed by atoms with Crippen LogP contribution < -0.4 is 0 Å². The van der Waals surface area contributed by atoms with Crippen molar-refractivity contribution in [1.29, 1.82) is 0 Å². The van der Waals surface area contributed by atoms with Crippen molar-refractivity contribution in [1.82, 2.24) is 19.9 Å². The Morgan fingerprint density at radius 3 is 0.741 bits per heavy atom. The molecular formula is C77H58N4. The van der Waals surface area contributed by atoms with Gasteiger partial charge in [0.05, 0.1) is 34.2 Å². The fourth-order valence-corrected chi connectivity index (χ4v) is 13.5. The molecule has 8 aromatic carbocycles. The lowest BCUT2D eigenvalue weighted by Gasteiger charge is -2.24. The van der Waals surface area contributed by atoms with Crippen molar-refractivity contribution < 1.29 is 0 Å². The minimum absolute atomic E-state index is 0.186. The number of fused-ring (bicyclic) bond motifs is 9. The summed E-state index contributed by atoms with van der Waals surface area (Å²) in [5.74, 6) is 0. The number of hydrogen-bond acceptors (Lipinski definition) is 4. The van der Waals surface area contributed by atoms with Gasteiger partial charge in [0.2, 0.25) is 0 Å². The van der Waals surface area contributed by atoms with Crippen LogP contribution >= 0.6 is 0 Å². The number of benzene rings is 8. The third-order valence-corrected chi connectivity index (χ3v) is 18.0. The van der Waals surface area contributed by atoms with Gasteiger partial charge in [-0.05, 0) is 208 Å². The predicted molar refractivity (Wildman–Crippen MR) is 334 cm³/mol. The van der Waals surface area contributed by atoms with E-state index in [0.29, 0.717) is 0 Å². The monoisotopic (exact) mass is 1040 g/mol. The minimum atomic E-state index is -0.188. The van der Waals surface area contributed by atoms with E-state index in [4.69, 9.17) is 9.97 Å². The number of pyridine rings is 4. The predicted octanol–water partition coefficient (Wildman–Crippen LogP) is 19.5. The van der Waals surface area contributed by atoms with Crippen LogP contribution in [0.15, 0.2) is 243 Å². The number of hydrogen-bond donors (Lipinski definition) is 0. The van der Waals surface area contributed by atoms with Crippen LogP contribution in [0.2, 0.25) is 0 Å². The topological polar surface area (TPSA) is 51.6 Å². The van der Waals surface area contributed by atoms with E-state index in [0.717, 1.165) is 45.3 Å². The molecule has 0 fully saturated rings. The molecule has 4 heterocycles. The summed E-state index contributed by atoms with van der Waals surface area (Å²) < 4.78 is 0. The van der Waals surface area contributed by atoms with E-state index in [1.807, 2.05) is 60.9 Å². The molecule has 0 spiro atoms. The van der Waals surface area contributed by atoms with Crippen LogP contribution in [0.25, 0.3) is 123 Å². The highest BCUT2D eigenvalue weighted by molar-refractivity contribution is 5.91. The molecule has 3 aliphatic carbocycles. The van der Waals surface area contributed by atoms with E-state index >= 15 is 0 Å². The molecule has 12 aromatic rings. The number of nitrogens with zero attached hydrogens (tertiary/aromatic N) is 4. The largest absolute Gasteiger partial charge is 0.255 e. The third-order valence-electron chi connectivity index (χ3n) is 18.0. The van der Waals surface area contributed by atoms with Gasteiger partial charge in [-0.2, -0.15) is 0 Å². The second-order valence-corrected chi connectivity index (χ2v) is 23.8.